The van der Waals surface area contributed by atoms with Crippen LogP contribution in [0.25, 0.3) is 0 Å². The lowest BCUT2D eigenvalue weighted by Crippen LogP contribution is -2.54. The molecule has 1 aromatic rings. The van der Waals surface area contributed by atoms with Gasteiger partial charge in [-0.2, -0.15) is 0 Å². The van der Waals surface area contributed by atoms with E-state index in [-0.39, 0.29) is 0 Å². The van der Waals surface area contributed by atoms with Crippen LogP contribution in [0.5, 0.6) is 0 Å². The molecule has 4 saturated carbocycles. The summed E-state index contributed by atoms with van der Waals surface area (Å²) < 4.78 is 0. The minimum absolute atomic E-state index is 0.505. The highest BCUT2D eigenvalue weighted by Gasteiger charge is 2.59. The van der Waals surface area contributed by atoms with Gasteiger partial charge in [-0.1, -0.05) is 50.4 Å². The van der Waals surface area contributed by atoms with E-state index in [0.29, 0.717) is 16.9 Å². The molecule has 0 aliphatic heterocycles. The monoisotopic (exact) mass is 399 g/mol. The third-order valence-corrected chi connectivity index (χ3v) is 10.3. The molecule has 0 unspecified atom stereocenters. The zero-order valence-electron chi connectivity index (χ0n) is 17.9. The van der Waals surface area contributed by atoms with Gasteiger partial charge in [0, 0.05) is 17.6 Å². The van der Waals surface area contributed by atoms with Crippen LogP contribution in [0.1, 0.15) is 83.6 Å². The van der Waals surface area contributed by atoms with Crippen molar-refractivity contribution in [1.29, 1.82) is 0 Å². The van der Waals surface area contributed by atoms with E-state index in [0.717, 1.165) is 35.2 Å². The lowest BCUT2D eigenvalue weighted by molar-refractivity contribution is -0.107. The molecule has 4 aliphatic rings. The fourth-order valence-corrected chi connectivity index (χ4v) is 8.60. The third-order valence-electron chi connectivity index (χ3n) is 10.0. The molecule has 4 aliphatic carbocycles. The second kappa shape index (κ2) is 7.31. The van der Waals surface area contributed by atoms with Crippen LogP contribution in [0.4, 0.5) is 0 Å². The van der Waals surface area contributed by atoms with Crippen LogP contribution in [0, 0.1) is 34.5 Å². The Morgan fingerprint density at radius 3 is 2.46 bits per heavy atom. The van der Waals surface area contributed by atoms with Gasteiger partial charge in [-0.15, -0.1) is 0 Å². The summed E-state index contributed by atoms with van der Waals surface area (Å²) in [5.74, 6) is 4.00. The Hall–Kier alpha value is -0.530. The molecule has 1 N–H and O–H groups in total. The van der Waals surface area contributed by atoms with E-state index in [9.17, 15) is 0 Å². The minimum Gasteiger partial charge on any atom is -0.309 e. The zero-order chi connectivity index (χ0) is 19.4. The highest BCUT2D eigenvalue weighted by atomic mass is 35.5. The van der Waals surface area contributed by atoms with Crippen molar-refractivity contribution >= 4 is 11.6 Å². The zero-order valence-corrected chi connectivity index (χ0v) is 18.6. The van der Waals surface area contributed by atoms with Crippen LogP contribution in [0.3, 0.4) is 0 Å². The summed E-state index contributed by atoms with van der Waals surface area (Å²) in [6.07, 6.45) is 14.8. The van der Waals surface area contributed by atoms with E-state index >= 15 is 0 Å². The molecule has 0 bridgehead atoms. The summed E-state index contributed by atoms with van der Waals surface area (Å²) in [4.78, 5) is 0. The van der Waals surface area contributed by atoms with E-state index < -0.39 is 0 Å². The predicted octanol–water partition coefficient (Wildman–Crippen LogP) is 7.23. The Labute approximate surface area is 177 Å². The summed E-state index contributed by atoms with van der Waals surface area (Å²) in [5.41, 5.74) is 2.53. The molecule has 2 heteroatoms. The molecule has 4 fully saturated rings. The van der Waals surface area contributed by atoms with Crippen molar-refractivity contribution < 1.29 is 0 Å². The molecule has 1 aromatic carbocycles. The van der Waals surface area contributed by atoms with Crippen LogP contribution >= 0.6 is 11.6 Å². The highest BCUT2D eigenvalue weighted by molar-refractivity contribution is 6.30. The first-order valence-electron chi connectivity index (χ1n) is 12.0. The van der Waals surface area contributed by atoms with E-state index in [2.05, 4.69) is 31.3 Å². The fraction of sp³-hybridized carbons (Fsp3) is 0.769. The Morgan fingerprint density at radius 2 is 1.64 bits per heavy atom. The highest BCUT2D eigenvalue weighted by Crippen LogP contribution is 2.66. The maximum Gasteiger partial charge on any atom is 0.0406 e. The molecule has 7 atom stereocenters. The lowest BCUT2D eigenvalue weighted by atomic mass is 9.45. The topological polar surface area (TPSA) is 12.0 Å². The van der Waals surface area contributed by atoms with Gasteiger partial charge in [0.25, 0.3) is 0 Å². The standard InChI is InChI=1S/C26H38ClN/c1-25-15-4-3-5-19(25)8-11-21-22-12-13-24(26(22,2)16-14-23(21)25)28-17-18-6-9-20(27)10-7-18/h6-7,9-10,19,21-24,28H,3-5,8,11-17H2,1-2H3/t19-,21+,22+,23+,24+,25+,26+/m1/s1. The molecular weight excluding hydrogens is 362 g/mol. The van der Waals surface area contributed by atoms with Gasteiger partial charge in [0.05, 0.1) is 0 Å². The van der Waals surface area contributed by atoms with Crippen molar-refractivity contribution in [2.75, 3.05) is 0 Å². The van der Waals surface area contributed by atoms with Crippen LogP contribution in [-0.2, 0) is 6.54 Å². The number of fused-ring (bicyclic) bond motifs is 5. The van der Waals surface area contributed by atoms with Gasteiger partial charge >= 0.3 is 0 Å². The van der Waals surface area contributed by atoms with Gasteiger partial charge in [0.2, 0.25) is 0 Å². The van der Waals surface area contributed by atoms with E-state index in [1.807, 2.05) is 12.1 Å². The Balaban J connectivity index is 1.30. The number of hydrogen-bond donors (Lipinski definition) is 1. The molecule has 1 nitrogen and oxygen atoms in total. The lowest BCUT2D eigenvalue weighted by Gasteiger charge is -2.60. The smallest absolute Gasteiger partial charge is 0.0406 e. The molecule has 0 aromatic heterocycles. The first-order valence-corrected chi connectivity index (χ1v) is 12.4. The predicted molar refractivity (Wildman–Crippen MR) is 118 cm³/mol. The summed E-state index contributed by atoms with van der Waals surface area (Å²) >= 11 is 6.06. The van der Waals surface area contributed by atoms with Crippen molar-refractivity contribution in [3.05, 3.63) is 34.9 Å². The number of rotatable bonds is 3. The van der Waals surface area contributed by atoms with E-state index in [1.54, 1.807) is 0 Å². The number of nitrogens with one attached hydrogen (secondary N) is 1. The molecule has 5 rings (SSSR count). The van der Waals surface area contributed by atoms with Crippen molar-refractivity contribution in [2.45, 2.75) is 90.6 Å². The summed E-state index contributed by atoms with van der Waals surface area (Å²) in [7, 11) is 0. The van der Waals surface area contributed by atoms with Gasteiger partial charge in [-0.25, -0.2) is 0 Å². The number of hydrogen-bond acceptors (Lipinski definition) is 1. The normalized spacial score (nSPS) is 45.2. The molecule has 0 amide bonds. The van der Waals surface area contributed by atoms with Crippen molar-refractivity contribution in [3.8, 4) is 0 Å². The average molecular weight is 400 g/mol. The van der Waals surface area contributed by atoms with Crippen LogP contribution < -0.4 is 5.32 Å². The van der Waals surface area contributed by atoms with Crippen LogP contribution in [-0.4, -0.2) is 6.04 Å². The van der Waals surface area contributed by atoms with Gasteiger partial charge in [0.1, 0.15) is 0 Å². The quantitative estimate of drug-likeness (QED) is 0.565. The van der Waals surface area contributed by atoms with Gasteiger partial charge < -0.3 is 5.32 Å². The second-order valence-corrected chi connectivity index (χ2v) is 11.5. The molecule has 0 spiro atoms. The maximum absolute atomic E-state index is 6.06. The van der Waals surface area contributed by atoms with Crippen molar-refractivity contribution in [3.63, 3.8) is 0 Å². The Kier molecular flexibility index (Phi) is 5.07. The number of halogens is 1. The van der Waals surface area contributed by atoms with E-state index in [4.69, 9.17) is 11.6 Å². The first-order chi connectivity index (χ1) is 13.5. The van der Waals surface area contributed by atoms with Crippen LogP contribution in [0.2, 0.25) is 5.02 Å². The molecule has 0 radical (unpaired) electrons. The molecule has 0 saturated heterocycles. The number of benzene rings is 1. The maximum atomic E-state index is 6.06. The molecule has 154 valence electrons. The third kappa shape index (κ3) is 3.07. The van der Waals surface area contributed by atoms with E-state index in [1.165, 1.54) is 69.8 Å². The van der Waals surface area contributed by atoms with Crippen molar-refractivity contribution in [1.82, 2.24) is 5.32 Å². The van der Waals surface area contributed by atoms with Gasteiger partial charge in [-0.05, 0) is 104 Å². The average Bonchev–Trinajstić information content (AvgIpc) is 3.03. The Bertz CT molecular complexity index is 699. The fourth-order valence-electron chi connectivity index (χ4n) is 8.47. The van der Waals surface area contributed by atoms with Crippen LogP contribution in [0.15, 0.2) is 24.3 Å². The summed E-state index contributed by atoms with van der Waals surface area (Å²) in [6, 6.07) is 9.07. The summed E-state index contributed by atoms with van der Waals surface area (Å²) in [6.45, 7) is 6.31. The summed E-state index contributed by atoms with van der Waals surface area (Å²) in [5, 5.41) is 4.81. The van der Waals surface area contributed by atoms with Crippen molar-refractivity contribution in [2.24, 2.45) is 34.5 Å². The SMILES string of the molecule is C[C@]12CCCC[C@@H]1CC[C@@H]1[C@@H]2CC[C@]2(C)[C@@H](NCc3ccc(Cl)cc3)CC[C@@H]12. The van der Waals surface area contributed by atoms with Gasteiger partial charge in [-0.3, -0.25) is 0 Å². The minimum atomic E-state index is 0.505. The molecular formula is C26H38ClN. The second-order valence-electron chi connectivity index (χ2n) is 11.1. The largest absolute Gasteiger partial charge is 0.309 e. The Morgan fingerprint density at radius 1 is 0.857 bits per heavy atom. The van der Waals surface area contributed by atoms with Gasteiger partial charge in [0.15, 0.2) is 0 Å². The molecule has 0 heterocycles. The molecule has 28 heavy (non-hydrogen) atoms. The first kappa shape index (κ1) is 19.4.